The molecule has 3 rings (SSSR count). The summed E-state index contributed by atoms with van der Waals surface area (Å²) in [5.41, 5.74) is 1.42. The summed E-state index contributed by atoms with van der Waals surface area (Å²) in [7, 11) is 0. The predicted octanol–water partition coefficient (Wildman–Crippen LogP) is 1.90. The van der Waals surface area contributed by atoms with E-state index in [2.05, 4.69) is 20.9 Å². The average Bonchev–Trinajstić information content (AvgIpc) is 2.90. The van der Waals surface area contributed by atoms with E-state index in [0.29, 0.717) is 5.69 Å². The Balaban J connectivity index is 1.77. The van der Waals surface area contributed by atoms with E-state index in [9.17, 15) is 9.18 Å². The fraction of sp³-hybridized carbons (Fsp3) is 0.400. The van der Waals surface area contributed by atoms with Crippen LogP contribution in [0.1, 0.15) is 35.1 Å². The van der Waals surface area contributed by atoms with E-state index < -0.39 is 5.82 Å². The zero-order valence-electron chi connectivity index (χ0n) is 12.3. The van der Waals surface area contributed by atoms with Crippen molar-refractivity contribution < 1.29 is 9.18 Å². The summed E-state index contributed by atoms with van der Waals surface area (Å²) >= 11 is 0. The van der Waals surface area contributed by atoms with Crippen LogP contribution in [0.4, 0.5) is 10.1 Å². The molecule has 0 atom stereocenters. The van der Waals surface area contributed by atoms with E-state index in [-0.39, 0.29) is 17.6 Å². The fourth-order valence-corrected chi connectivity index (χ4v) is 2.71. The van der Waals surface area contributed by atoms with Gasteiger partial charge in [0, 0.05) is 5.69 Å². The van der Waals surface area contributed by atoms with Crippen molar-refractivity contribution in [2.75, 3.05) is 18.4 Å². The minimum atomic E-state index is -0.395. The molecule has 1 amide bonds. The van der Waals surface area contributed by atoms with Gasteiger partial charge in [0.2, 0.25) is 0 Å². The van der Waals surface area contributed by atoms with Crippen LogP contribution >= 0.6 is 0 Å². The molecule has 1 aliphatic heterocycles. The summed E-state index contributed by atoms with van der Waals surface area (Å²) in [6.45, 7) is 3.71. The minimum absolute atomic E-state index is 0.268. The molecule has 0 radical (unpaired) electrons. The average molecular weight is 303 g/mol. The lowest BCUT2D eigenvalue weighted by atomic mass is 10.1. The van der Waals surface area contributed by atoms with Gasteiger partial charge in [-0.3, -0.25) is 4.79 Å². The maximum absolute atomic E-state index is 13.2. The highest BCUT2D eigenvalue weighted by Gasteiger charge is 2.22. The Hall–Kier alpha value is -2.28. The van der Waals surface area contributed by atoms with Gasteiger partial charge < -0.3 is 10.6 Å². The number of carbonyl (C=O) groups excluding carboxylic acids is 1. The summed E-state index contributed by atoms with van der Waals surface area (Å²) in [6.07, 6.45) is 1.93. The Kier molecular flexibility index (Phi) is 4.15. The first kappa shape index (κ1) is 14.6. The van der Waals surface area contributed by atoms with E-state index >= 15 is 0 Å². The van der Waals surface area contributed by atoms with Gasteiger partial charge in [0.15, 0.2) is 5.69 Å². The van der Waals surface area contributed by atoms with E-state index in [1.807, 2.05) is 11.6 Å². The van der Waals surface area contributed by atoms with Gasteiger partial charge in [-0.15, -0.1) is 5.10 Å². The number of hydrogen-bond acceptors (Lipinski definition) is 4. The Morgan fingerprint density at radius 3 is 2.91 bits per heavy atom. The SMILES string of the molecule is Cc1c(C(=O)Nc2cccc(F)c2)nnn1C1CCNCC1. The summed E-state index contributed by atoms with van der Waals surface area (Å²) in [4.78, 5) is 12.3. The standard InChI is InChI=1S/C15H18FN5O/c1-10-14(15(22)18-12-4-2-3-11(16)9-12)19-20-21(10)13-5-7-17-8-6-13/h2-4,9,13,17H,5-8H2,1H3,(H,18,22). The molecule has 0 spiro atoms. The number of hydrogen-bond donors (Lipinski definition) is 2. The second-order valence-corrected chi connectivity index (χ2v) is 5.41. The van der Waals surface area contributed by atoms with Crippen LogP contribution in [-0.2, 0) is 0 Å². The maximum atomic E-state index is 13.2. The number of amides is 1. The number of aromatic nitrogens is 3. The lowest BCUT2D eigenvalue weighted by molar-refractivity contribution is 0.102. The number of nitrogens with one attached hydrogen (secondary N) is 2. The van der Waals surface area contributed by atoms with Crippen molar-refractivity contribution in [3.63, 3.8) is 0 Å². The summed E-state index contributed by atoms with van der Waals surface area (Å²) < 4.78 is 15.0. The summed E-state index contributed by atoms with van der Waals surface area (Å²) in [6, 6.07) is 6.04. The first-order valence-corrected chi connectivity index (χ1v) is 7.34. The number of carbonyl (C=O) groups is 1. The van der Waals surface area contributed by atoms with Crippen molar-refractivity contribution in [3.8, 4) is 0 Å². The van der Waals surface area contributed by atoms with Crippen LogP contribution in [-0.4, -0.2) is 34.0 Å². The van der Waals surface area contributed by atoms with Crippen molar-refractivity contribution in [1.29, 1.82) is 0 Å². The number of anilines is 1. The van der Waals surface area contributed by atoms with E-state index in [0.717, 1.165) is 31.6 Å². The van der Waals surface area contributed by atoms with Gasteiger partial charge >= 0.3 is 0 Å². The number of rotatable bonds is 3. The number of benzene rings is 1. The molecular formula is C15H18FN5O. The zero-order valence-corrected chi connectivity index (χ0v) is 12.3. The molecule has 0 unspecified atom stereocenters. The Morgan fingerprint density at radius 2 is 2.18 bits per heavy atom. The molecule has 2 N–H and O–H groups in total. The maximum Gasteiger partial charge on any atom is 0.278 e. The molecule has 1 aromatic heterocycles. The van der Waals surface area contributed by atoms with Gasteiger partial charge in [-0.05, 0) is 51.1 Å². The second-order valence-electron chi connectivity index (χ2n) is 5.41. The molecule has 1 fully saturated rings. The quantitative estimate of drug-likeness (QED) is 0.908. The van der Waals surface area contributed by atoms with E-state index in [1.165, 1.54) is 12.1 Å². The molecule has 116 valence electrons. The van der Waals surface area contributed by atoms with Gasteiger partial charge in [0.05, 0.1) is 11.7 Å². The van der Waals surface area contributed by atoms with Gasteiger partial charge in [0.1, 0.15) is 5.82 Å². The van der Waals surface area contributed by atoms with Crippen LogP contribution < -0.4 is 10.6 Å². The summed E-state index contributed by atoms with van der Waals surface area (Å²) in [5, 5.41) is 14.1. The molecule has 0 bridgehead atoms. The lowest BCUT2D eigenvalue weighted by Gasteiger charge is -2.23. The van der Waals surface area contributed by atoms with Crippen molar-refractivity contribution in [2.45, 2.75) is 25.8 Å². The van der Waals surface area contributed by atoms with Crippen LogP contribution in [0, 0.1) is 12.7 Å². The van der Waals surface area contributed by atoms with Gasteiger partial charge in [-0.2, -0.15) is 0 Å². The number of halogens is 1. The predicted molar refractivity (Wildman–Crippen MR) is 80.3 cm³/mol. The Labute approximate surface area is 127 Å². The highest BCUT2D eigenvalue weighted by Crippen LogP contribution is 2.21. The van der Waals surface area contributed by atoms with Crippen LogP contribution in [0.15, 0.2) is 24.3 Å². The Morgan fingerprint density at radius 1 is 1.41 bits per heavy atom. The van der Waals surface area contributed by atoms with Crippen molar-refractivity contribution >= 4 is 11.6 Å². The first-order valence-electron chi connectivity index (χ1n) is 7.34. The molecule has 1 aliphatic rings. The molecule has 2 aromatic rings. The normalized spacial score (nSPS) is 15.7. The zero-order chi connectivity index (χ0) is 15.5. The number of piperidine rings is 1. The van der Waals surface area contributed by atoms with Crippen LogP contribution in [0.25, 0.3) is 0 Å². The molecule has 1 saturated heterocycles. The van der Waals surface area contributed by atoms with Crippen molar-refractivity contribution in [2.24, 2.45) is 0 Å². The van der Waals surface area contributed by atoms with Crippen molar-refractivity contribution in [1.82, 2.24) is 20.3 Å². The highest BCUT2D eigenvalue weighted by molar-refractivity contribution is 6.03. The van der Waals surface area contributed by atoms with Crippen LogP contribution in [0.3, 0.4) is 0 Å². The van der Waals surface area contributed by atoms with E-state index in [4.69, 9.17) is 0 Å². The second kappa shape index (κ2) is 6.23. The third-order valence-corrected chi connectivity index (χ3v) is 3.88. The molecule has 22 heavy (non-hydrogen) atoms. The van der Waals surface area contributed by atoms with Gasteiger partial charge in [-0.1, -0.05) is 11.3 Å². The smallest absolute Gasteiger partial charge is 0.278 e. The molecule has 2 heterocycles. The largest absolute Gasteiger partial charge is 0.320 e. The first-order chi connectivity index (χ1) is 10.6. The molecule has 7 heteroatoms. The third-order valence-electron chi connectivity index (χ3n) is 3.88. The molecule has 0 aliphatic carbocycles. The Bertz CT molecular complexity index is 678. The third kappa shape index (κ3) is 2.99. The molecular weight excluding hydrogens is 285 g/mol. The summed E-state index contributed by atoms with van der Waals surface area (Å²) in [5.74, 6) is -0.767. The fourth-order valence-electron chi connectivity index (χ4n) is 2.71. The van der Waals surface area contributed by atoms with Gasteiger partial charge in [0.25, 0.3) is 5.91 Å². The van der Waals surface area contributed by atoms with Gasteiger partial charge in [-0.25, -0.2) is 9.07 Å². The minimum Gasteiger partial charge on any atom is -0.320 e. The molecule has 0 saturated carbocycles. The molecule has 6 nitrogen and oxygen atoms in total. The molecule has 1 aromatic carbocycles. The highest BCUT2D eigenvalue weighted by atomic mass is 19.1. The van der Waals surface area contributed by atoms with Crippen molar-refractivity contribution in [3.05, 3.63) is 41.5 Å². The monoisotopic (exact) mass is 303 g/mol. The van der Waals surface area contributed by atoms with Crippen LogP contribution in [0.5, 0.6) is 0 Å². The lowest BCUT2D eigenvalue weighted by Crippen LogP contribution is -2.30. The topological polar surface area (TPSA) is 71.8 Å². The number of nitrogens with zero attached hydrogens (tertiary/aromatic N) is 3. The van der Waals surface area contributed by atoms with E-state index in [1.54, 1.807) is 12.1 Å². The van der Waals surface area contributed by atoms with Crippen LogP contribution in [0.2, 0.25) is 0 Å².